The Hall–Kier alpha value is -1.52. The maximum atomic E-state index is 10.3. The highest BCUT2D eigenvalue weighted by molar-refractivity contribution is 5.89. The topological polar surface area (TPSA) is 48.5 Å². The molecule has 0 aliphatic carbocycles. The molecular weight excluding hydrogens is 276 g/mol. The molecule has 1 saturated heterocycles. The minimum Gasteiger partial charge on any atom is -0.496 e. The van der Waals surface area contributed by atoms with E-state index in [1.54, 1.807) is 7.11 Å². The molecule has 2 aromatic rings. The number of nitrogens with one attached hydrogen (secondary N) is 1. The van der Waals surface area contributed by atoms with Crippen molar-refractivity contribution in [2.75, 3.05) is 20.2 Å². The van der Waals surface area contributed by atoms with E-state index >= 15 is 0 Å². The van der Waals surface area contributed by atoms with Gasteiger partial charge in [0.1, 0.15) is 5.75 Å². The molecule has 0 spiro atoms. The number of rotatable bonds is 5. The smallest absolute Gasteiger partial charge is 0.128 e. The predicted octanol–water partition coefficient (Wildman–Crippen LogP) is 2.95. The summed E-state index contributed by atoms with van der Waals surface area (Å²) in [5.74, 6) is 0.925. The Labute approximate surface area is 132 Å². The molecule has 1 aliphatic rings. The molecule has 3 rings (SSSR count). The fraction of sp³-hybridized carbons (Fsp3) is 0.556. The van der Waals surface area contributed by atoms with Crippen LogP contribution in [0.25, 0.3) is 10.9 Å². The van der Waals surface area contributed by atoms with Crippen molar-refractivity contribution in [3.05, 3.63) is 30.0 Å². The normalized spacial score (nSPS) is 19.9. The van der Waals surface area contributed by atoms with Gasteiger partial charge in [0.05, 0.1) is 12.7 Å². The Bertz CT molecular complexity index is 642. The molecule has 0 unspecified atom stereocenters. The van der Waals surface area contributed by atoms with Gasteiger partial charge in [-0.1, -0.05) is 6.07 Å². The van der Waals surface area contributed by atoms with E-state index in [0.717, 1.165) is 37.2 Å². The average Bonchev–Trinajstić information content (AvgIpc) is 3.10. The van der Waals surface area contributed by atoms with Gasteiger partial charge in [-0.2, -0.15) is 0 Å². The van der Waals surface area contributed by atoms with Gasteiger partial charge in [-0.25, -0.2) is 0 Å². The Kier molecular flexibility index (Phi) is 4.15. The van der Waals surface area contributed by atoms with Gasteiger partial charge >= 0.3 is 0 Å². The first-order valence-electron chi connectivity index (χ1n) is 8.10. The van der Waals surface area contributed by atoms with Crippen molar-refractivity contribution in [3.8, 4) is 5.75 Å². The molecular formula is C18H26N2O2. The average molecular weight is 302 g/mol. The molecule has 4 heteroatoms. The number of likely N-dealkylation sites (tertiary alicyclic amines) is 1. The van der Waals surface area contributed by atoms with Crippen molar-refractivity contribution < 1.29 is 9.84 Å². The van der Waals surface area contributed by atoms with Crippen LogP contribution in [-0.4, -0.2) is 46.8 Å². The van der Waals surface area contributed by atoms with Crippen molar-refractivity contribution in [1.82, 2.24) is 9.88 Å². The quantitative estimate of drug-likeness (QED) is 0.893. The molecule has 1 aromatic heterocycles. The lowest BCUT2D eigenvalue weighted by Crippen LogP contribution is -2.46. The number of nitrogens with zero attached hydrogens (tertiary/aromatic N) is 1. The van der Waals surface area contributed by atoms with Gasteiger partial charge in [0.2, 0.25) is 0 Å². The molecule has 0 radical (unpaired) electrons. The van der Waals surface area contributed by atoms with Crippen molar-refractivity contribution in [1.29, 1.82) is 0 Å². The van der Waals surface area contributed by atoms with Gasteiger partial charge in [0.15, 0.2) is 0 Å². The van der Waals surface area contributed by atoms with E-state index in [9.17, 15) is 5.11 Å². The van der Waals surface area contributed by atoms with Gasteiger partial charge in [0.25, 0.3) is 0 Å². The molecule has 22 heavy (non-hydrogen) atoms. The van der Waals surface area contributed by atoms with Crippen LogP contribution in [0.5, 0.6) is 5.75 Å². The summed E-state index contributed by atoms with van der Waals surface area (Å²) >= 11 is 0. The van der Waals surface area contributed by atoms with E-state index in [4.69, 9.17) is 4.74 Å². The number of aromatic amines is 1. The Morgan fingerprint density at radius 3 is 2.95 bits per heavy atom. The molecule has 2 N–H and O–H groups in total. The third kappa shape index (κ3) is 2.85. The van der Waals surface area contributed by atoms with E-state index < -0.39 is 5.60 Å². The molecule has 4 nitrogen and oxygen atoms in total. The number of benzene rings is 1. The minimum absolute atomic E-state index is 0.264. The molecule has 1 aromatic carbocycles. The summed E-state index contributed by atoms with van der Waals surface area (Å²) in [4.78, 5) is 5.76. The minimum atomic E-state index is -0.631. The number of aromatic nitrogens is 1. The highest BCUT2D eigenvalue weighted by atomic mass is 16.5. The van der Waals surface area contributed by atoms with Crippen LogP contribution in [0.2, 0.25) is 0 Å². The van der Waals surface area contributed by atoms with Gasteiger partial charge in [0, 0.05) is 29.7 Å². The van der Waals surface area contributed by atoms with Gasteiger partial charge in [-0.3, -0.25) is 4.90 Å². The SMILES string of the molecule is COc1cccc2[nH]cc(CCN3CCC[C@H]3C(C)(C)O)c12. The molecule has 1 fully saturated rings. The number of aliphatic hydroxyl groups is 1. The zero-order chi connectivity index (χ0) is 15.7. The highest BCUT2D eigenvalue weighted by Gasteiger charge is 2.35. The molecule has 2 heterocycles. The third-order valence-corrected chi connectivity index (χ3v) is 4.82. The fourth-order valence-corrected chi connectivity index (χ4v) is 3.74. The van der Waals surface area contributed by atoms with E-state index in [-0.39, 0.29) is 6.04 Å². The maximum absolute atomic E-state index is 10.3. The zero-order valence-corrected chi connectivity index (χ0v) is 13.7. The second kappa shape index (κ2) is 5.94. The second-order valence-corrected chi connectivity index (χ2v) is 6.79. The van der Waals surface area contributed by atoms with E-state index in [1.807, 2.05) is 26.0 Å². The number of hydrogen-bond acceptors (Lipinski definition) is 3. The maximum Gasteiger partial charge on any atom is 0.128 e. The summed E-state index contributed by atoms with van der Waals surface area (Å²) in [5, 5.41) is 11.5. The first kappa shape index (κ1) is 15.4. The number of fused-ring (bicyclic) bond motifs is 1. The first-order valence-corrected chi connectivity index (χ1v) is 8.10. The fourth-order valence-electron chi connectivity index (χ4n) is 3.74. The lowest BCUT2D eigenvalue weighted by Gasteiger charge is -2.33. The summed E-state index contributed by atoms with van der Waals surface area (Å²) in [6.45, 7) is 5.89. The molecule has 0 bridgehead atoms. The van der Waals surface area contributed by atoms with E-state index in [2.05, 4.69) is 22.1 Å². The van der Waals surface area contributed by atoms with Crippen LogP contribution >= 0.6 is 0 Å². The van der Waals surface area contributed by atoms with E-state index in [1.165, 1.54) is 17.4 Å². The lowest BCUT2D eigenvalue weighted by molar-refractivity contribution is -0.00193. The Morgan fingerprint density at radius 1 is 1.41 bits per heavy atom. The van der Waals surface area contributed by atoms with Crippen LogP contribution in [0.4, 0.5) is 0 Å². The predicted molar refractivity (Wildman–Crippen MR) is 89.4 cm³/mol. The van der Waals surface area contributed by atoms with Crippen LogP contribution in [0, 0.1) is 0 Å². The van der Waals surface area contributed by atoms with Crippen molar-refractivity contribution in [2.45, 2.75) is 44.8 Å². The third-order valence-electron chi connectivity index (χ3n) is 4.82. The lowest BCUT2D eigenvalue weighted by atomic mass is 9.96. The van der Waals surface area contributed by atoms with Crippen LogP contribution in [0.1, 0.15) is 32.3 Å². The van der Waals surface area contributed by atoms with E-state index in [0.29, 0.717) is 0 Å². The number of methoxy groups -OCH3 is 1. The Morgan fingerprint density at radius 2 is 2.23 bits per heavy atom. The molecule has 120 valence electrons. The first-order chi connectivity index (χ1) is 10.5. The van der Waals surface area contributed by atoms with Crippen molar-refractivity contribution >= 4 is 10.9 Å². The van der Waals surface area contributed by atoms with Gasteiger partial charge in [-0.15, -0.1) is 0 Å². The summed E-state index contributed by atoms with van der Waals surface area (Å²) in [7, 11) is 1.72. The molecule has 0 saturated carbocycles. The summed E-state index contributed by atoms with van der Waals surface area (Å²) < 4.78 is 5.50. The number of hydrogen-bond donors (Lipinski definition) is 2. The van der Waals surface area contributed by atoms with Crippen LogP contribution < -0.4 is 4.74 Å². The monoisotopic (exact) mass is 302 g/mol. The van der Waals surface area contributed by atoms with Crippen LogP contribution in [-0.2, 0) is 6.42 Å². The van der Waals surface area contributed by atoms with Crippen LogP contribution in [0.3, 0.4) is 0 Å². The van der Waals surface area contributed by atoms with Gasteiger partial charge < -0.3 is 14.8 Å². The van der Waals surface area contributed by atoms with Crippen LogP contribution in [0.15, 0.2) is 24.4 Å². The largest absolute Gasteiger partial charge is 0.496 e. The number of H-pyrrole nitrogens is 1. The van der Waals surface area contributed by atoms with Crippen molar-refractivity contribution in [3.63, 3.8) is 0 Å². The highest BCUT2D eigenvalue weighted by Crippen LogP contribution is 2.30. The summed E-state index contributed by atoms with van der Waals surface area (Å²) in [5.41, 5.74) is 1.78. The Balaban J connectivity index is 1.77. The summed E-state index contributed by atoms with van der Waals surface area (Å²) in [6.07, 6.45) is 5.31. The standard InChI is InChI=1S/C18H26N2O2/c1-18(2,21)16-8-5-10-20(16)11-9-13-12-19-14-6-4-7-15(22-3)17(13)14/h4,6-7,12,16,19,21H,5,8-11H2,1-3H3/t16-/m0/s1. The summed E-state index contributed by atoms with van der Waals surface area (Å²) in [6, 6.07) is 6.36. The second-order valence-electron chi connectivity index (χ2n) is 6.79. The van der Waals surface area contributed by atoms with Gasteiger partial charge in [-0.05, 0) is 57.4 Å². The molecule has 0 amide bonds. The number of ether oxygens (including phenoxy) is 1. The molecule has 1 aliphatic heterocycles. The van der Waals surface area contributed by atoms with Crippen molar-refractivity contribution in [2.24, 2.45) is 0 Å². The zero-order valence-electron chi connectivity index (χ0n) is 13.7. The molecule has 1 atom stereocenters.